The Bertz CT molecular complexity index is 971. The minimum Gasteiger partial charge on any atom is -0.497 e. The molecule has 2 heterocycles. The van der Waals surface area contributed by atoms with Crippen LogP contribution in [-0.4, -0.2) is 43.5 Å². The van der Waals surface area contributed by atoms with Gasteiger partial charge in [0.2, 0.25) is 0 Å². The Morgan fingerprint density at radius 3 is 2.67 bits per heavy atom. The summed E-state index contributed by atoms with van der Waals surface area (Å²) in [5.74, 6) is 1.16. The summed E-state index contributed by atoms with van der Waals surface area (Å²) in [5.41, 5.74) is 3.39. The normalized spacial score (nSPS) is 23.0. The molecule has 1 saturated heterocycles. The molecule has 27 heavy (non-hydrogen) atoms. The lowest BCUT2D eigenvalue weighted by Crippen LogP contribution is -2.28. The monoisotopic (exact) mass is 402 g/mol. The van der Waals surface area contributed by atoms with Crippen molar-refractivity contribution >= 4 is 32.5 Å². The van der Waals surface area contributed by atoms with E-state index in [2.05, 4.69) is 36.1 Å². The fourth-order valence-corrected chi connectivity index (χ4v) is 7.18. The SMILES string of the molecule is COc1cccc(N(Cc2ccc(C)cc2)C2=N[C@@H]3CS(=O)(=O)C[C@@H]3S2)c1. The third-order valence-corrected chi connectivity index (χ3v) is 8.11. The lowest BCUT2D eigenvalue weighted by atomic mass is 10.1. The van der Waals surface area contributed by atoms with E-state index >= 15 is 0 Å². The molecular formula is C20H22N2O3S2. The van der Waals surface area contributed by atoms with Gasteiger partial charge in [-0.3, -0.25) is 4.99 Å². The van der Waals surface area contributed by atoms with Crippen LogP contribution >= 0.6 is 11.8 Å². The number of hydrogen-bond donors (Lipinski definition) is 0. The number of thioether (sulfide) groups is 1. The number of hydrogen-bond acceptors (Lipinski definition) is 6. The van der Waals surface area contributed by atoms with E-state index in [4.69, 9.17) is 9.73 Å². The van der Waals surface area contributed by atoms with Gasteiger partial charge in [0.05, 0.1) is 31.2 Å². The first kappa shape index (κ1) is 18.4. The number of aliphatic imine (C=N–C) groups is 1. The van der Waals surface area contributed by atoms with Crippen LogP contribution in [0.4, 0.5) is 5.69 Å². The number of sulfone groups is 1. The average molecular weight is 403 g/mol. The third-order valence-electron chi connectivity index (χ3n) is 4.86. The Morgan fingerprint density at radius 2 is 1.96 bits per heavy atom. The largest absolute Gasteiger partial charge is 0.497 e. The predicted molar refractivity (Wildman–Crippen MR) is 112 cm³/mol. The topological polar surface area (TPSA) is 59.0 Å². The van der Waals surface area contributed by atoms with E-state index in [0.29, 0.717) is 6.54 Å². The third kappa shape index (κ3) is 3.99. The highest BCUT2D eigenvalue weighted by Crippen LogP contribution is 2.37. The highest BCUT2D eigenvalue weighted by molar-refractivity contribution is 8.15. The zero-order chi connectivity index (χ0) is 19.0. The van der Waals surface area contributed by atoms with Gasteiger partial charge in [-0.25, -0.2) is 8.42 Å². The van der Waals surface area contributed by atoms with Gasteiger partial charge in [-0.05, 0) is 24.6 Å². The molecule has 0 radical (unpaired) electrons. The maximum Gasteiger partial charge on any atom is 0.164 e. The van der Waals surface area contributed by atoms with Crippen molar-refractivity contribution in [1.29, 1.82) is 0 Å². The number of anilines is 1. The maximum absolute atomic E-state index is 11.9. The summed E-state index contributed by atoms with van der Waals surface area (Å²) >= 11 is 1.58. The molecule has 0 unspecified atom stereocenters. The van der Waals surface area contributed by atoms with E-state index in [9.17, 15) is 8.42 Å². The summed E-state index contributed by atoms with van der Waals surface area (Å²) < 4.78 is 29.2. The van der Waals surface area contributed by atoms with Crippen molar-refractivity contribution in [2.24, 2.45) is 4.99 Å². The van der Waals surface area contributed by atoms with E-state index in [1.807, 2.05) is 24.3 Å². The van der Waals surface area contributed by atoms with Crippen LogP contribution in [0.25, 0.3) is 0 Å². The summed E-state index contributed by atoms with van der Waals surface area (Å²) in [6.07, 6.45) is 0. The van der Waals surface area contributed by atoms with Crippen molar-refractivity contribution in [1.82, 2.24) is 0 Å². The molecule has 2 aromatic carbocycles. The maximum atomic E-state index is 11.9. The number of rotatable bonds is 4. The molecule has 5 nitrogen and oxygen atoms in total. The predicted octanol–water partition coefficient (Wildman–Crippen LogP) is 3.28. The van der Waals surface area contributed by atoms with Gasteiger partial charge in [-0.1, -0.05) is 47.7 Å². The van der Waals surface area contributed by atoms with Gasteiger partial charge in [0, 0.05) is 17.0 Å². The molecule has 2 aromatic rings. The van der Waals surface area contributed by atoms with Crippen molar-refractivity contribution < 1.29 is 13.2 Å². The van der Waals surface area contributed by atoms with Crippen molar-refractivity contribution in [3.63, 3.8) is 0 Å². The molecule has 0 spiro atoms. The lowest BCUT2D eigenvalue weighted by molar-refractivity contribution is 0.415. The highest BCUT2D eigenvalue weighted by atomic mass is 32.2. The zero-order valence-electron chi connectivity index (χ0n) is 15.3. The first-order valence-corrected chi connectivity index (χ1v) is 11.6. The average Bonchev–Trinajstić information content (AvgIpc) is 3.14. The Balaban J connectivity index is 1.67. The molecule has 1 fully saturated rings. The van der Waals surface area contributed by atoms with E-state index < -0.39 is 9.84 Å². The molecule has 7 heteroatoms. The molecule has 0 N–H and O–H groups in total. The van der Waals surface area contributed by atoms with Gasteiger partial charge in [0.15, 0.2) is 15.0 Å². The lowest BCUT2D eigenvalue weighted by Gasteiger charge is -2.25. The molecule has 4 rings (SSSR count). The molecule has 2 atom stereocenters. The molecule has 2 aliphatic rings. The van der Waals surface area contributed by atoms with Crippen LogP contribution in [0, 0.1) is 6.92 Å². The molecule has 0 bridgehead atoms. The number of fused-ring (bicyclic) bond motifs is 1. The van der Waals surface area contributed by atoms with Crippen LogP contribution in [-0.2, 0) is 16.4 Å². The fraction of sp³-hybridized carbons (Fsp3) is 0.350. The molecule has 2 aliphatic heterocycles. The van der Waals surface area contributed by atoms with Gasteiger partial charge < -0.3 is 9.64 Å². The summed E-state index contributed by atoms with van der Waals surface area (Å²) in [4.78, 5) is 6.93. The van der Waals surface area contributed by atoms with Gasteiger partial charge in [-0.15, -0.1) is 0 Å². The summed E-state index contributed by atoms with van der Waals surface area (Å²) in [5, 5.41) is 0.907. The van der Waals surface area contributed by atoms with E-state index in [1.165, 1.54) is 11.1 Å². The molecule has 142 valence electrons. The van der Waals surface area contributed by atoms with E-state index in [0.717, 1.165) is 16.6 Å². The Kier molecular flexibility index (Phi) is 4.90. The number of nitrogens with zero attached hydrogens (tertiary/aromatic N) is 2. The molecule has 0 aliphatic carbocycles. The number of benzene rings is 2. The van der Waals surface area contributed by atoms with Crippen LogP contribution in [0.1, 0.15) is 11.1 Å². The van der Waals surface area contributed by atoms with Crippen LogP contribution in [0.5, 0.6) is 5.75 Å². The van der Waals surface area contributed by atoms with Crippen LogP contribution in [0.3, 0.4) is 0 Å². The Hall–Kier alpha value is -1.99. The summed E-state index contributed by atoms with van der Waals surface area (Å²) in [6, 6.07) is 16.2. The van der Waals surface area contributed by atoms with Gasteiger partial charge in [-0.2, -0.15) is 0 Å². The van der Waals surface area contributed by atoms with Crippen LogP contribution < -0.4 is 9.64 Å². The number of amidine groups is 1. The fourth-order valence-electron chi connectivity index (χ4n) is 3.39. The second-order valence-corrected chi connectivity index (χ2v) is 10.3. The highest BCUT2D eigenvalue weighted by Gasteiger charge is 2.44. The zero-order valence-corrected chi connectivity index (χ0v) is 17.0. The van der Waals surface area contributed by atoms with E-state index in [1.54, 1.807) is 18.9 Å². The number of aryl methyl sites for hydroxylation is 1. The van der Waals surface area contributed by atoms with Gasteiger partial charge in [0.1, 0.15) is 5.75 Å². The number of ether oxygens (including phenoxy) is 1. The molecule has 0 saturated carbocycles. The minimum atomic E-state index is -2.96. The van der Waals surface area contributed by atoms with Crippen molar-refractivity contribution in [2.45, 2.75) is 24.8 Å². The molecule has 0 aromatic heterocycles. The second-order valence-electron chi connectivity index (χ2n) is 6.99. The van der Waals surface area contributed by atoms with Crippen molar-refractivity contribution in [3.8, 4) is 5.75 Å². The first-order chi connectivity index (χ1) is 12.9. The van der Waals surface area contributed by atoms with Crippen molar-refractivity contribution in [3.05, 3.63) is 59.7 Å². The van der Waals surface area contributed by atoms with E-state index in [-0.39, 0.29) is 22.8 Å². The van der Waals surface area contributed by atoms with Gasteiger partial charge >= 0.3 is 0 Å². The standard InChI is InChI=1S/C20H22N2O3S2/c1-14-6-8-15(9-7-14)11-22(16-4-3-5-17(10-16)25-2)20-21-18-12-27(23,24)13-19(18)26-20/h3-10,18-19H,11-13H2,1-2H3/t18-,19+/m1/s1. The molecular weight excluding hydrogens is 380 g/mol. The summed E-state index contributed by atoms with van der Waals surface area (Å²) in [7, 11) is -1.31. The molecule has 0 amide bonds. The quantitative estimate of drug-likeness (QED) is 0.786. The van der Waals surface area contributed by atoms with Gasteiger partial charge in [0.25, 0.3) is 0 Å². The minimum absolute atomic E-state index is 0.0242. The van der Waals surface area contributed by atoms with Crippen molar-refractivity contribution in [2.75, 3.05) is 23.5 Å². The number of methoxy groups -OCH3 is 1. The Morgan fingerprint density at radius 1 is 1.19 bits per heavy atom. The smallest absolute Gasteiger partial charge is 0.164 e. The summed E-state index contributed by atoms with van der Waals surface area (Å²) in [6.45, 7) is 2.74. The first-order valence-electron chi connectivity index (χ1n) is 8.85. The van der Waals surface area contributed by atoms with Crippen LogP contribution in [0.2, 0.25) is 0 Å². The second kappa shape index (κ2) is 7.20. The van der Waals surface area contributed by atoms with Crippen LogP contribution in [0.15, 0.2) is 53.5 Å². The Labute approximate surface area is 164 Å².